The molecule has 0 amide bonds. The Kier molecular flexibility index (Phi) is 4.09. The maximum atomic E-state index is 5.74. The summed E-state index contributed by atoms with van der Waals surface area (Å²) in [6, 6.07) is 6.06. The second kappa shape index (κ2) is 5.77. The lowest BCUT2D eigenvalue weighted by Crippen LogP contribution is -2.31. The Morgan fingerprint density at radius 3 is 2.94 bits per heavy atom. The van der Waals surface area contributed by atoms with Gasteiger partial charge in [-0.2, -0.15) is 0 Å². The lowest BCUT2D eigenvalue weighted by atomic mass is 10.2. The maximum Gasteiger partial charge on any atom is 0.231 e. The van der Waals surface area contributed by atoms with Crippen LogP contribution in [0.3, 0.4) is 0 Å². The zero-order valence-corrected chi connectivity index (χ0v) is 10.4. The van der Waals surface area contributed by atoms with Gasteiger partial charge >= 0.3 is 0 Å². The van der Waals surface area contributed by atoms with E-state index in [2.05, 4.69) is 12.2 Å². The van der Waals surface area contributed by atoms with Crippen LogP contribution in [0.2, 0.25) is 0 Å². The predicted molar refractivity (Wildman–Crippen MR) is 65.8 cm³/mol. The monoisotopic (exact) mass is 237 g/mol. The van der Waals surface area contributed by atoms with Crippen molar-refractivity contribution in [2.45, 2.75) is 25.8 Å². The molecule has 0 saturated carbocycles. The van der Waals surface area contributed by atoms with E-state index in [-0.39, 0.29) is 0 Å². The molecule has 17 heavy (non-hydrogen) atoms. The Morgan fingerprint density at radius 2 is 2.18 bits per heavy atom. The molecular weight excluding hydrogens is 218 g/mol. The summed E-state index contributed by atoms with van der Waals surface area (Å²) in [5.41, 5.74) is 0. The average molecular weight is 237 g/mol. The summed E-state index contributed by atoms with van der Waals surface area (Å²) < 4.78 is 16.3. The second-order valence-corrected chi connectivity index (χ2v) is 4.10. The van der Waals surface area contributed by atoms with E-state index in [1.165, 1.54) is 0 Å². The third-order valence-corrected chi connectivity index (χ3v) is 2.84. The molecule has 0 fully saturated rings. The number of fused-ring (bicyclic) bond motifs is 1. The summed E-state index contributed by atoms with van der Waals surface area (Å²) in [6.07, 6.45) is 2.26. The van der Waals surface area contributed by atoms with Crippen molar-refractivity contribution < 1.29 is 14.2 Å². The lowest BCUT2D eigenvalue weighted by Gasteiger charge is -2.16. The Hall–Kier alpha value is -1.42. The fraction of sp³-hybridized carbons (Fsp3) is 0.538. The first kappa shape index (κ1) is 12.0. The summed E-state index contributed by atoms with van der Waals surface area (Å²) >= 11 is 0. The van der Waals surface area contributed by atoms with E-state index in [4.69, 9.17) is 14.2 Å². The average Bonchev–Trinajstić information content (AvgIpc) is 2.81. The first-order chi connectivity index (χ1) is 8.33. The quantitative estimate of drug-likeness (QED) is 0.823. The van der Waals surface area contributed by atoms with Gasteiger partial charge in [0.05, 0.1) is 0 Å². The van der Waals surface area contributed by atoms with Gasteiger partial charge in [0.15, 0.2) is 11.5 Å². The number of nitrogens with one attached hydrogen (secondary N) is 1. The molecule has 0 spiro atoms. The van der Waals surface area contributed by atoms with E-state index in [0.29, 0.717) is 19.4 Å². The molecule has 1 atom stereocenters. The maximum absolute atomic E-state index is 5.74. The predicted octanol–water partition coefficient (Wildman–Crippen LogP) is 2.18. The highest BCUT2D eigenvalue weighted by molar-refractivity contribution is 5.46. The molecule has 0 aliphatic carbocycles. The Balaban J connectivity index is 1.90. The molecule has 94 valence electrons. The molecule has 1 unspecified atom stereocenters. The number of hydrogen-bond donors (Lipinski definition) is 1. The van der Waals surface area contributed by atoms with Gasteiger partial charge in [0.1, 0.15) is 12.4 Å². The molecule has 1 aromatic rings. The van der Waals surface area contributed by atoms with Gasteiger partial charge in [-0.25, -0.2) is 0 Å². The minimum absolute atomic E-state index is 0.299. The highest BCUT2D eigenvalue weighted by atomic mass is 16.7. The number of rotatable bonds is 6. The van der Waals surface area contributed by atoms with Gasteiger partial charge in [0.25, 0.3) is 0 Å². The molecule has 4 heteroatoms. The van der Waals surface area contributed by atoms with E-state index < -0.39 is 0 Å². The molecule has 1 aromatic carbocycles. The van der Waals surface area contributed by atoms with E-state index >= 15 is 0 Å². The molecule has 1 heterocycles. The SMILES string of the molecule is CCCC(COc1ccc2c(c1)OCO2)NC. The van der Waals surface area contributed by atoms with Crippen LogP contribution in [0.15, 0.2) is 18.2 Å². The molecular formula is C13H19NO3. The molecule has 1 aliphatic heterocycles. The van der Waals surface area contributed by atoms with Crippen molar-refractivity contribution in [3.8, 4) is 17.2 Å². The number of ether oxygens (including phenoxy) is 3. The molecule has 4 nitrogen and oxygen atoms in total. The van der Waals surface area contributed by atoms with Gasteiger partial charge in [-0.05, 0) is 25.6 Å². The van der Waals surface area contributed by atoms with Crippen molar-refractivity contribution in [1.29, 1.82) is 0 Å². The molecule has 2 rings (SSSR count). The van der Waals surface area contributed by atoms with Crippen molar-refractivity contribution in [3.63, 3.8) is 0 Å². The van der Waals surface area contributed by atoms with Crippen molar-refractivity contribution in [1.82, 2.24) is 5.32 Å². The summed E-state index contributed by atoms with van der Waals surface area (Å²) in [6.45, 7) is 3.14. The van der Waals surface area contributed by atoms with E-state index in [1.807, 2.05) is 25.2 Å². The first-order valence-electron chi connectivity index (χ1n) is 6.03. The largest absolute Gasteiger partial charge is 0.492 e. The molecule has 0 radical (unpaired) electrons. The second-order valence-electron chi connectivity index (χ2n) is 4.10. The summed E-state index contributed by atoms with van der Waals surface area (Å²) in [4.78, 5) is 0. The van der Waals surface area contributed by atoms with Crippen LogP contribution in [0, 0.1) is 0 Å². The first-order valence-corrected chi connectivity index (χ1v) is 6.03. The van der Waals surface area contributed by atoms with Gasteiger partial charge in [0.2, 0.25) is 6.79 Å². The summed E-state index contributed by atoms with van der Waals surface area (Å²) in [5, 5.41) is 3.24. The molecule has 0 bridgehead atoms. The van der Waals surface area contributed by atoms with Crippen LogP contribution in [0.5, 0.6) is 17.2 Å². The van der Waals surface area contributed by atoms with E-state index in [9.17, 15) is 0 Å². The normalized spacial score (nSPS) is 14.7. The Labute approximate surface area is 102 Å². The molecule has 0 aromatic heterocycles. The number of hydrogen-bond acceptors (Lipinski definition) is 4. The van der Waals surface area contributed by atoms with Gasteiger partial charge in [-0.1, -0.05) is 13.3 Å². The summed E-state index contributed by atoms with van der Waals surface area (Å²) in [7, 11) is 1.96. The van der Waals surface area contributed by atoms with Gasteiger partial charge in [-0.3, -0.25) is 0 Å². The third-order valence-electron chi connectivity index (χ3n) is 2.84. The van der Waals surface area contributed by atoms with Crippen LogP contribution in [-0.4, -0.2) is 26.5 Å². The smallest absolute Gasteiger partial charge is 0.231 e. The molecule has 0 saturated heterocycles. The van der Waals surface area contributed by atoms with Crippen LogP contribution in [0.4, 0.5) is 0 Å². The molecule has 1 aliphatic rings. The van der Waals surface area contributed by atoms with Crippen LogP contribution in [0.1, 0.15) is 19.8 Å². The fourth-order valence-electron chi connectivity index (χ4n) is 1.82. The zero-order valence-electron chi connectivity index (χ0n) is 10.4. The highest BCUT2D eigenvalue weighted by Gasteiger charge is 2.14. The van der Waals surface area contributed by atoms with E-state index in [0.717, 1.165) is 30.1 Å². The molecule has 1 N–H and O–H groups in total. The topological polar surface area (TPSA) is 39.7 Å². The van der Waals surface area contributed by atoms with Gasteiger partial charge in [-0.15, -0.1) is 0 Å². The zero-order chi connectivity index (χ0) is 12.1. The van der Waals surface area contributed by atoms with Crippen LogP contribution in [-0.2, 0) is 0 Å². The number of benzene rings is 1. The van der Waals surface area contributed by atoms with Crippen LogP contribution in [0.25, 0.3) is 0 Å². The van der Waals surface area contributed by atoms with Gasteiger partial charge in [0, 0.05) is 12.1 Å². The minimum Gasteiger partial charge on any atom is -0.492 e. The van der Waals surface area contributed by atoms with Crippen molar-refractivity contribution in [2.75, 3.05) is 20.4 Å². The van der Waals surface area contributed by atoms with Gasteiger partial charge < -0.3 is 19.5 Å². The standard InChI is InChI=1S/C13H19NO3/c1-3-4-10(14-2)8-15-11-5-6-12-13(7-11)17-9-16-12/h5-7,10,14H,3-4,8-9H2,1-2H3. The highest BCUT2D eigenvalue weighted by Crippen LogP contribution is 2.35. The van der Waals surface area contributed by atoms with Crippen molar-refractivity contribution in [2.24, 2.45) is 0 Å². The lowest BCUT2D eigenvalue weighted by molar-refractivity contribution is 0.173. The van der Waals surface area contributed by atoms with E-state index in [1.54, 1.807) is 0 Å². The Bertz CT molecular complexity index is 368. The van der Waals surface area contributed by atoms with Crippen molar-refractivity contribution in [3.05, 3.63) is 18.2 Å². The Morgan fingerprint density at radius 1 is 1.35 bits per heavy atom. The fourth-order valence-corrected chi connectivity index (χ4v) is 1.82. The van der Waals surface area contributed by atoms with Crippen molar-refractivity contribution >= 4 is 0 Å². The van der Waals surface area contributed by atoms with Crippen LogP contribution >= 0.6 is 0 Å². The third kappa shape index (κ3) is 3.03. The van der Waals surface area contributed by atoms with Crippen LogP contribution < -0.4 is 19.5 Å². The number of likely N-dealkylation sites (N-methyl/N-ethyl adjacent to an activating group) is 1. The minimum atomic E-state index is 0.299. The summed E-state index contributed by atoms with van der Waals surface area (Å²) in [5.74, 6) is 2.38.